The number of aromatic nitrogens is 2. The second kappa shape index (κ2) is 13.6. The molecule has 0 radical (unpaired) electrons. The molecule has 0 saturated heterocycles. The summed E-state index contributed by atoms with van der Waals surface area (Å²) in [6.45, 7) is 0.889. The van der Waals surface area contributed by atoms with Gasteiger partial charge in [-0.3, -0.25) is 19.0 Å². The number of carbonyl (C=O) groups excluding carboxylic acids is 2. The highest BCUT2D eigenvalue weighted by atomic mass is 35.5. The van der Waals surface area contributed by atoms with Crippen molar-refractivity contribution in [2.75, 3.05) is 11.1 Å². The Hall–Kier alpha value is -3.33. The molecule has 3 aromatic carbocycles. The summed E-state index contributed by atoms with van der Waals surface area (Å²) < 4.78 is 1.69. The summed E-state index contributed by atoms with van der Waals surface area (Å²) in [6, 6.07) is 21.8. The largest absolute Gasteiger partial charge is 0.352 e. The van der Waals surface area contributed by atoms with Crippen LogP contribution < -0.4 is 16.2 Å². The van der Waals surface area contributed by atoms with Crippen LogP contribution in [0, 0.1) is 11.8 Å². The fraction of sp³-hybridized carbons (Fsp3) is 0.290. The van der Waals surface area contributed by atoms with Crippen LogP contribution in [-0.4, -0.2) is 27.1 Å². The van der Waals surface area contributed by atoms with Gasteiger partial charge in [-0.25, -0.2) is 4.98 Å². The van der Waals surface area contributed by atoms with Gasteiger partial charge in [0.2, 0.25) is 11.8 Å². The van der Waals surface area contributed by atoms with E-state index in [9.17, 15) is 14.4 Å². The van der Waals surface area contributed by atoms with Crippen molar-refractivity contribution < 1.29 is 9.59 Å². The number of benzene rings is 3. The molecule has 1 aromatic heterocycles. The molecule has 0 bridgehead atoms. The van der Waals surface area contributed by atoms with Crippen molar-refractivity contribution >= 4 is 63.4 Å². The summed E-state index contributed by atoms with van der Waals surface area (Å²) in [4.78, 5) is 43.8. The third kappa shape index (κ3) is 7.31. The van der Waals surface area contributed by atoms with Gasteiger partial charge in [-0.1, -0.05) is 77.4 Å². The van der Waals surface area contributed by atoms with Crippen LogP contribution in [0.5, 0.6) is 0 Å². The first-order valence-corrected chi connectivity index (χ1v) is 15.3. The average Bonchev–Trinajstić information content (AvgIpc) is 2.98. The molecule has 0 spiro atoms. The number of rotatable bonds is 9. The highest BCUT2D eigenvalue weighted by molar-refractivity contribution is 7.99. The standard InChI is InChI=1S/C31H30Cl2N4O3S/c32-24-9-3-1-7-22(24)17-34-29(39)21-15-13-20(14-16-21)18-37-30(40)23-8-2-5-11-26(23)36-31(37)41-19-28(38)35-27-12-6-4-10-25(27)33/h1-12,20-21H,13-19H2,(H,34,39)(H,35,38). The fourth-order valence-corrected chi connectivity index (χ4v) is 6.33. The molecular formula is C31H30Cl2N4O3S. The highest BCUT2D eigenvalue weighted by Crippen LogP contribution is 2.31. The Morgan fingerprint density at radius 1 is 0.902 bits per heavy atom. The average molecular weight is 610 g/mol. The molecule has 41 heavy (non-hydrogen) atoms. The molecule has 0 atom stereocenters. The van der Waals surface area contributed by atoms with Crippen molar-refractivity contribution in [2.45, 2.75) is 43.9 Å². The second-order valence-corrected chi connectivity index (χ2v) is 11.9. The van der Waals surface area contributed by atoms with Crippen molar-refractivity contribution in [3.8, 4) is 0 Å². The normalized spacial score (nSPS) is 16.8. The minimum Gasteiger partial charge on any atom is -0.352 e. The van der Waals surface area contributed by atoms with Gasteiger partial charge in [0, 0.05) is 24.0 Å². The molecule has 10 heteroatoms. The number of nitrogens with one attached hydrogen (secondary N) is 2. The third-order valence-corrected chi connectivity index (χ3v) is 9.05. The number of fused-ring (bicyclic) bond motifs is 1. The molecule has 212 valence electrons. The Bertz CT molecular complexity index is 1620. The molecular weight excluding hydrogens is 579 g/mol. The Morgan fingerprint density at radius 3 is 2.34 bits per heavy atom. The lowest BCUT2D eigenvalue weighted by Gasteiger charge is -2.28. The minimum absolute atomic E-state index is 0.0358. The molecule has 2 N–H and O–H groups in total. The Morgan fingerprint density at radius 2 is 1.59 bits per heavy atom. The smallest absolute Gasteiger partial charge is 0.262 e. The summed E-state index contributed by atoms with van der Waals surface area (Å²) in [5.41, 5.74) is 1.91. The van der Waals surface area contributed by atoms with E-state index in [0.717, 1.165) is 31.2 Å². The van der Waals surface area contributed by atoms with Crippen molar-refractivity contribution in [3.05, 3.63) is 98.8 Å². The van der Waals surface area contributed by atoms with E-state index in [1.807, 2.05) is 36.4 Å². The fourth-order valence-electron chi connectivity index (χ4n) is 5.13. The maximum absolute atomic E-state index is 13.5. The van der Waals surface area contributed by atoms with Crippen LogP contribution in [0.3, 0.4) is 0 Å². The van der Waals surface area contributed by atoms with E-state index in [0.29, 0.717) is 44.9 Å². The predicted octanol–water partition coefficient (Wildman–Crippen LogP) is 6.56. The summed E-state index contributed by atoms with van der Waals surface area (Å²) in [7, 11) is 0. The summed E-state index contributed by atoms with van der Waals surface area (Å²) in [6.07, 6.45) is 3.14. The van der Waals surface area contributed by atoms with Crippen LogP contribution in [0.1, 0.15) is 31.2 Å². The minimum atomic E-state index is -0.236. The van der Waals surface area contributed by atoms with E-state index >= 15 is 0 Å². The van der Waals surface area contributed by atoms with Gasteiger partial charge in [0.1, 0.15) is 0 Å². The van der Waals surface area contributed by atoms with Crippen LogP contribution in [0.15, 0.2) is 82.7 Å². The summed E-state index contributed by atoms with van der Waals surface area (Å²) in [5, 5.41) is 7.99. The van der Waals surface area contributed by atoms with Crippen LogP contribution in [-0.2, 0) is 22.7 Å². The number of halogens is 2. The van der Waals surface area contributed by atoms with E-state index < -0.39 is 0 Å². The molecule has 5 rings (SSSR count). The molecule has 1 aliphatic rings. The zero-order chi connectivity index (χ0) is 28.8. The van der Waals surface area contributed by atoms with Gasteiger partial charge in [0.05, 0.1) is 27.4 Å². The van der Waals surface area contributed by atoms with Crippen LogP contribution in [0.4, 0.5) is 5.69 Å². The molecule has 7 nitrogen and oxygen atoms in total. The molecule has 1 aliphatic carbocycles. The Kier molecular flexibility index (Phi) is 9.64. The summed E-state index contributed by atoms with van der Waals surface area (Å²) >= 11 is 13.6. The number of hydrogen-bond donors (Lipinski definition) is 2. The van der Waals surface area contributed by atoms with Crippen molar-refractivity contribution in [3.63, 3.8) is 0 Å². The van der Waals surface area contributed by atoms with Crippen LogP contribution >= 0.6 is 35.0 Å². The van der Waals surface area contributed by atoms with Gasteiger partial charge in [-0.2, -0.15) is 0 Å². The van der Waals surface area contributed by atoms with Crippen LogP contribution in [0.25, 0.3) is 10.9 Å². The van der Waals surface area contributed by atoms with Gasteiger partial charge >= 0.3 is 0 Å². The number of carbonyl (C=O) groups is 2. The number of thioether (sulfide) groups is 1. The molecule has 1 saturated carbocycles. The van der Waals surface area contributed by atoms with Gasteiger partial charge in [0.15, 0.2) is 5.16 Å². The van der Waals surface area contributed by atoms with E-state index in [1.165, 1.54) is 11.8 Å². The zero-order valence-corrected chi connectivity index (χ0v) is 24.6. The highest BCUT2D eigenvalue weighted by Gasteiger charge is 2.27. The summed E-state index contributed by atoms with van der Waals surface area (Å²) in [5.74, 6) is 0.0325. The number of anilines is 1. The van der Waals surface area contributed by atoms with Gasteiger partial charge < -0.3 is 10.6 Å². The maximum atomic E-state index is 13.5. The lowest BCUT2D eigenvalue weighted by atomic mass is 9.81. The third-order valence-electron chi connectivity index (χ3n) is 7.38. The van der Waals surface area contributed by atoms with Crippen molar-refractivity contribution in [1.29, 1.82) is 0 Å². The first kappa shape index (κ1) is 29.2. The molecule has 1 heterocycles. The van der Waals surface area contributed by atoms with Crippen LogP contribution in [0.2, 0.25) is 10.0 Å². The van der Waals surface area contributed by atoms with E-state index in [2.05, 4.69) is 10.6 Å². The molecule has 2 amide bonds. The monoisotopic (exact) mass is 608 g/mol. The van der Waals surface area contributed by atoms with E-state index in [1.54, 1.807) is 41.0 Å². The SMILES string of the molecule is O=C(CSc1nc2ccccc2c(=O)n1CC1CCC(C(=O)NCc2ccccc2Cl)CC1)Nc1ccccc1Cl. The number of nitrogens with zero attached hydrogens (tertiary/aromatic N) is 2. The number of amides is 2. The lowest BCUT2D eigenvalue weighted by molar-refractivity contribution is -0.126. The predicted molar refractivity (Wildman–Crippen MR) is 166 cm³/mol. The first-order chi connectivity index (χ1) is 19.9. The number of para-hydroxylation sites is 2. The van der Waals surface area contributed by atoms with Gasteiger partial charge in [0.25, 0.3) is 5.56 Å². The number of hydrogen-bond acceptors (Lipinski definition) is 5. The van der Waals surface area contributed by atoms with Gasteiger partial charge in [-0.05, 0) is 67.5 Å². The van der Waals surface area contributed by atoms with Crippen molar-refractivity contribution in [1.82, 2.24) is 14.9 Å². The Labute approximate surface area is 252 Å². The Balaban J connectivity index is 1.23. The molecule has 1 fully saturated rings. The first-order valence-electron chi connectivity index (χ1n) is 13.6. The van der Waals surface area contributed by atoms with Gasteiger partial charge in [-0.15, -0.1) is 0 Å². The zero-order valence-electron chi connectivity index (χ0n) is 22.3. The van der Waals surface area contributed by atoms with E-state index in [-0.39, 0.29) is 35.0 Å². The topological polar surface area (TPSA) is 93.1 Å². The molecule has 0 unspecified atom stereocenters. The maximum Gasteiger partial charge on any atom is 0.262 e. The molecule has 0 aliphatic heterocycles. The molecule has 4 aromatic rings. The second-order valence-electron chi connectivity index (χ2n) is 10.2. The quantitative estimate of drug-likeness (QED) is 0.166. The van der Waals surface area contributed by atoms with Crippen molar-refractivity contribution in [2.24, 2.45) is 11.8 Å². The van der Waals surface area contributed by atoms with E-state index in [4.69, 9.17) is 28.2 Å². The lowest BCUT2D eigenvalue weighted by Crippen LogP contribution is -2.34.